The van der Waals surface area contributed by atoms with Crippen molar-refractivity contribution in [2.45, 2.75) is 50.1 Å². The van der Waals surface area contributed by atoms with E-state index in [2.05, 4.69) is 15.1 Å². The number of rotatable bonds is 7. The van der Waals surface area contributed by atoms with E-state index in [1.807, 2.05) is 6.92 Å². The van der Waals surface area contributed by atoms with Crippen LogP contribution < -0.4 is 10.0 Å². The fourth-order valence-corrected chi connectivity index (χ4v) is 4.90. The van der Waals surface area contributed by atoms with Gasteiger partial charge in [-0.05, 0) is 37.6 Å². The lowest BCUT2D eigenvalue weighted by Crippen LogP contribution is -2.38. The minimum Gasteiger partial charge on any atom is -0.315 e. The fraction of sp³-hybridized carbons (Fsp3) is 0.786. The van der Waals surface area contributed by atoms with Gasteiger partial charge in [0.2, 0.25) is 10.0 Å². The van der Waals surface area contributed by atoms with Crippen LogP contribution in [0.5, 0.6) is 0 Å². The van der Waals surface area contributed by atoms with Crippen molar-refractivity contribution >= 4 is 10.0 Å². The summed E-state index contributed by atoms with van der Waals surface area (Å²) < 4.78 is 29.4. The van der Waals surface area contributed by atoms with E-state index in [1.165, 1.54) is 25.5 Å². The molecule has 2 saturated carbocycles. The Kier molecular flexibility index (Phi) is 4.33. The summed E-state index contributed by atoms with van der Waals surface area (Å²) in [5.74, 6) is 1.26. The molecular formula is C14H24N4O2S. The summed E-state index contributed by atoms with van der Waals surface area (Å²) in [4.78, 5) is 0.279. The molecule has 0 spiro atoms. The smallest absolute Gasteiger partial charge is 0.243 e. The van der Waals surface area contributed by atoms with Crippen molar-refractivity contribution in [2.24, 2.45) is 11.8 Å². The average molecular weight is 312 g/mol. The largest absolute Gasteiger partial charge is 0.315 e. The van der Waals surface area contributed by atoms with Crippen molar-refractivity contribution in [2.75, 3.05) is 13.1 Å². The first kappa shape index (κ1) is 15.0. The normalized spacial score (nSPS) is 28.3. The van der Waals surface area contributed by atoms with Gasteiger partial charge in [0.25, 0.3) is 0 Å². The summed E-state index contributed by atoms with van der Waals surface area (Å²) in [6, 6.07) is 0.124. The molecule has 2 N–H and O–H groups in total. The lowest BCUT2D eigenvalue weighted by atomic mass is 9.96. The van der Waals surface area contributed by atoms with Gasteiger partial charge < -0.3 is 5.32 Å². The molecule has 1 heterocycles. The maximum Gasteiger partial charge on any atom is 0.243 e. The lowest BCUT2D eigenvalue weighted by Gasteiger charge is -2.22. The van der Waals surface area contributed by atoms with Gasteiger partial charge in [-0.25, -0.2) is 13.1 Å². The Balaban J connectivity index is 1.62. The van der Waals surface area contributed by atoms with Crippen LogP contribution in [-0.2, 0) is 16.6 Å². The highest BCUT2D eigenvalue weighted by molar-refractivity contribution is 7.89. The Hall–Kier alpha value is -0.920. The van der Waals surface area contributed by atoms with E-state index < -0.39 is 10.0 Å². The minimum absolute atomic E-state index is 0.124. The van der Waals surface area contributed by atoms with E-state index >= 15 is 0 Å². The summed E-state index contributed by atoms with van der Waals surface area (Å²) in [5, 5.41) is 7.33. The van der Waals surface area contributed by atoms with Gasteiger partial charge in [0, 0.05) is 18.8 Å². The molecule has 2 bridgehead atoms. The van der Waals surface area contributed by atoms with Gasteiger partial charge in [-0.15, -0.1) is 0 Å². The van der Waals surface area contributed by atoms with E-state index in [0.29, 0.717) is 12.5 Å². The predicted molar refractivity (Wildman–Crippen MR) is 80.3 cm³/mol. The van der Waals surface area contributed by atoms with E-state index in [4.69, 9.17) is 0 Å². The van der Waals surface area contributed by atoms with Gasteiger partial charge in [-0.2, -0.15) is 5.10 Å². The summed E-state index contributed by atoms with van der Waals surface area (Å²) in [5.41, 5.74) is 0. The molecule has 3 unspecified atom stereocenters. The first-order valence-corrected chi connectivity index (χ1v) is 9.32. The highest BCUT2D eigenvalue weighted by Gasteiger charge is 2.41. The van der Waals surface area contributed by atoms with Crippen molar-refractivity contribution in [3.8, 4) is 0 Å². The molecular weight excluding hydrogens is 288 g/mol. The molecule has 3 atom stereocenters. The predicted octanol–water partition coefficient (Wildman–Crippen LogP) is 0.960. The molecule has 21 heavy (non-hydrogen) atoms. The molecule has 0 aliphatic heterocycles. The standard InChI is InChI=1S/C14H24N4O2S/c1-2-15-5-6-18-10-13(9-16-18)21(19,20)17-14-8-11-3-4-12(14)7-11/h9-12,14-15,17H,2-8H2,1H3. The van der Waals surface area contributed by atoms with Crippen molar-refractivity contribution in [1.29, 1.82) is 0 Å². The van der Waals surface area contributed by atoms with Gasteiger partial charge in [0.05, 0.1) is 12.7 Å². The number of likely N-dealkylation sites (N-methyl/N-ethyl adjacent to an activating group) is 1. The molecule has 0 saturated heterocycles. The summed E-state index contributed by atoms with van der Waals surface area (Å²) in [6.07, 6.45) is 7.69. The Morgan fingerprint density at radius 2 is 2.24 bits per heavy atom. The van der Waals surface area contributed by atoms with E-state index in [0.717, 1.165) is 25.4 Å². The number of hydrogen-bond acceptors (Lipinski definition) is 4. The van der Waals surface area contributed by atoms with Gasteiger partial charge in [0.1, 0.15) is 4.90 Å². The van der Waals surface area contributed by atoms with Crippen molar-refractivity contribution in [1.82, 2.24) is 19.8 Å². The van der Waals surface area contributed by atoms with Gasteiger partial charge in [-0.3, -0.25) is 4.68 Å². The molecule has 0 amide bonds. The zero-order valence-electron chi connectivity index (χ0n) is 12.5. The van der Waals surface area contributed by atoms with Crippen molar-refractivity contribution in [3.05, 3.63) is 12.4 Å². The number of sulfonamides is 1. The molecule has 2 fully saturated rings. The highest BCUT2D eigenvalue weighted by Crippen LogP contribution is 2.44. The molecule has 1 aromatic rings. The van der Waals surface area contributed by atoms with E-state index in [1.54, 1.807) is 10.9 Å². The topological polar surface area (TPSA) is 76.0 Å². The van der Waals surface area contributed by atoms with Crippen LogP contribution in [0, 0.1) is 11.8 Å². The molecule has 2 aliphatic rings. The summed E-state index contributed by atoms with van der Waals surface area (Å²) in [7, 11) is -3.43. The van der Waals surface area contributed by atoms with Gasteiger partial charge in [0.15, 0.2) is 0 Å². The maximum absolute atomic E-state index is 12.4. The third-order valence-electron chi connectivity index (χ3n) is 4.73. The third kappa shape index (κ3) is 3.30. The Bertz CT molecular complexity index is 584. The maximum atomic E-state index is 12.4. The first-order valence-electron chi connectivity index (χ1n) is 7.84. The third-order valence-corrected chi connectivity index (χ3v) is 6.18. The van der Waals surface area contributed by atoms with Crippen LogP contribution in [0.3, 0.4) is 0 Å². The zero-order chi connectivity index (χ0) is 14.9. The molecule has 0 aromatic carbocycles. The number of fused-ring (bicyclic) bond motifs is 2. The van der Waals surface area contributed by atoms with Crippen LogP contribution in [-0.4, -0.2) is 37.3 Å². The fourth-order valence-electron chi connectivity index (χ4n) is 3.63. The zero-order valence-corrected chi connectivity index (χ0v) is 13.3. The molecule has 118 valence electrons. The Morgan fingerprint density at radius 1 is 1.38 bits per heavy atom. The SMILES string of the molecule is CCNCCn1cc(S(=O)(=O)NC2CC3CCC2C3)cn1. The van der Waals surface area contributed by atoms with Gasteiger partial charge in [-0.1, -0.05) is 13.3 Å². The monoisotopic (exact) mass is 312 g/mol. The van der Waals surface area contributed by atoms with Crippen LogP contribution >= 0.6 is 0 Å². The molecule has 6 nitrogen and oxygen atoms in total. The first-order chi connectivity index (χ1) is 10.1. The average Bonchev–Trinajstić information content (AvgIpc) is 3.13. The second-order valence-corrected chi connectivity index (χ2v) is 7.91. The Morgan fingerprint density at radius 3 is 2.90 bits per heavy atom. The second-order valence-electron chi connectivity index (χ2n) is 6.20. The number of hydrogen-bond donors (Lipinski definition) is 2. The molecule has 2 aliphatic carbocycles. The quantitative estimate of drug-likeness (QED) is 0.735. The molecule has 0 radical (unpaired) electrons. The van der Waals surface area contributed by atoms with E-state index in [-0.39, 0.29) is 10.9 Å². The highest BCUT2D eigenvalue weighted by atomic mass is 32.2. The van der Waals surface area contributed by atoms with Gasteiger partial charge >= 0.3 is 0 Å². The van der Waals surface area contributed by atoms with Crippen LogP contribution in [0.4, 0.5) is 0 Å². The summed E-state index contributed by atoms with van der Waals surface area (Å²) in [6.45, 7) is 4.41. The number of nitrogens with one attached hydrogen (secondary N) is 2. The Labute approximate surface area is 126 Å². The minimum atomic E-state index is -3.43. The number of aromatic nitrogens is 2. The van der Waals surface area contributed by atoms with Crippen LogP contribution in [0.1, 0.15) is 32.6 Å². The molecule has 3 rings (SSSR count). The lowest BCUT2D eigenvalue weighted by molar-refractivity contribution is 0.390. The summed E-state index contributed by atoms with van der Waals surface area (Å²) >= 11 is 0. The van der Waals surface area contributed by atoms with Crippen LogP contribution in [0.15, 0.2) is 17.3 Å². The van der Waals surface area contributed by atoms with Crippen LogP contribution in [0.2, 0.25) is 0 Å². The molecule has 7 heteroatoms. The number of nitrogens with zero attached hydrogens (tertiary/aromatic N) is 2. The van der Waals surface area contributed by atoms with Crippen molar-refractivity contribution in [3.63, 3.8) is 0 Å². The van der Waals surface area contributed by atoms with Crippen LogP contribution in [0.25, 0.3) is 0 Å². The second kappa shape index (κ2) is 6.06. The van der Waals surface area contributed by atoms with E-state index in [9.17, 15) is 8.42 Å². The molecule has 1 aromatic heterocycles. The van der Waals surface area contributed by atoms with Crippen molar-refractivity contribution < 1.29 is 8.42 Å².